The van der Waals surface area contributed by atoms with E-state index in [2.05, 4.69) is 5.32 Å². The lowest BCUT2D eigenvalue weighted by Crippen LogP contribution is -2.25. The molecule has 0 bridgehead atoms. The van der Waals surface area contributed by atoms with Crippen LogP contribution in [-0.4, -0.2) is 28.3 Å². The van der Waals surface area contributed by atoms with Crippen molar-refractivity contribution in [1.82, 2.24) is 4.57 Å². The van der Waals surface area contributed by atoms with Gasteiger partial charge in [-0.05, 0) is 23.8 Å². The van der Waals surface area contributed by atoms with Gasteiger partial charge >= 0.3 is 6.09 Å². The molecular formula is C13H10N2O4. The van der Waals surface area contributed by atoms with Crippen molar-refractivity contribution in [2.45, 2.75) is 0 Å². The number of carboxylic acid groups (broad SMARTS) is 1. The summed E-state index contributed by atoms with van der Waals surface area (Å²) in [6, 6.07) is 7.02. The lowest BCUT2D eigenvalue weighted by atomic mass is 10.1. The van der Waals surface area contributed by atoms with E-state index < -0.39 is 6.09 Å². The molecule has 2 aromatic rings. The Morgan fingerprint density at radius 3 is 2.89 bits per heavy atom. The third-order valence-corrected chi connectivity index (χ3v) is 2.86. The van der Waals surface area contributed by atoms with Crippen molar-refractivity contribution in [2.24, 2.45) is 0 Å². The summed E-state index contributed by atoms with van der Waals surface area (Å²) >= 11 is 0. The van der Waals surface area contributed by atoms with Gasteiger partial charge in [0.2, 0.25) is 0 Å². The van der Waals surface area contributed by atoms with Crippen LogP contribution in [0, 0.1) is 0 Å². The molecule has 2 heterocycles. The molecular weight excluding hydrogens is 248 g/mol. The van der Waals surface area contributed by atoms with Crippen LogP contribution < -0.4 is 10.1 Å². The van der Waals surface area contributed by atoms with Gasteiger partial charge in [0, 0.05) is 18.0 Å². The van der Waals surface area contributed by atoms with Gasteiger partial charge in [0.15, 0.2) is 6.61 Å². The third-order valence-electron chi connectivity index (χ3n) is 2.86. The Morgan fingerprint density at radius 1 is 1.32 bits per heavy atom. The number of nitrogens with one attached hydrogen (secondary N) is 1. The fraction of sp³-hybridized carbons (Fsp3) is 0.0769. The van der Waals surface area contributed by atoms with E-state index in [1.165, 1.54) is 12.4 Å². The van der Waals surface area contributed by atoms with E-state index in [-0.39, 0.29) is 12.5 Å². The lowest BCUT2D eigenvalue weighted by molar-refractivity contribution is -0.118. The molecule has 2 N–H and O–H groups in total. The Balaban J connectivity index is 1.99. The maximum Gasteiger partial charge on any atom is 0.415 e. The summed E-state index contributed by atoms with van der Waals surface area (Å²) in [5.74, 6) is 0.411. The number of hydrogen-bond acceptors (Lipinski definition) is 3. The number of benzene rings is 1. The molecule has 6 nitrogen and oxygen atoms in total. The number of ether oxygens (including phenoxy) is 1. The largest absolute Gasteiger partial charge is 0.482 e. The minimum Gasteiger partial charge on any atom is -0.482 e. The van der Waals surface area contributed by atoms with Gasteiger partial charge in [-0.15, -0.1) is 0 Å². The van der Waals surface area contributed by atoms with Crippen LogP contribution in [-0.2, 0) is 4.79 Å². The quantitative estimate of drug-likeness (QED) is 0.819. The minimum atomic E-state index is -1.04. The number of rotatable bonds is 1. The molecule has 0 aliphatic carbocycles. The molecule has 19 heavy (non-hydrogen) atoms. The molecule has 0 saturated heterocycles. The zero-order valence-corrected chi connectivity index (χ0v) is 9.79. The predicted octanol–water partition coefficient (Wildman–Crippen LogP) is 2.01. The van der Waals surface area contributed by atoms with E-state index in [9.17, 15) is 9.59 Å². The van der Waals surface area contributed by atoms with Crippen molar-refractivity contribution in [3.63, 3.8) is 0 Å². The number of nitrogens with zero attached hydrogens (tertiary/aromatic N) is 1. The van der Waals surface area contributed by atoms with Gasteiger partial charge in [0.05, 0.1) is 5.69 Å². The number of anilines is 1. The van der Waals surface area contributed by atoms with E-state index in [4.69, 9.17) is 9.84 Å². The van der Waals surface area contributed by atoms with Crippen molar-refractivity contribution in [3.05, 3.63) is 36.7 Å². The number of aromatic nitrogens is 1. The van der Waals surface area contributed by atoms with Gasteiger partial charge in [-0.3, -0.25) is 9.36 Å². The second-order valence-electron chi connectivity index (χ2n) is 4.14. The minimum absolute atomic E-state index is 0.0156. The average Bonchev–Trinajstić information content (AvgIpc) is 2.87. The van der Waals surface area contributed by atoms with Crippen LogP contribution in [0.3, 0.4) is 0 Å². The van der Waals surface area contributed by atoms with Gasteiger partial charge in [-0.2, -0.15) is 0 Å². The highest BCUT2D eigenvalue weighted by atomic mass is 16.5. The number of fused-ring (bicyclic) bond motifs is 1. The molecule has 0 saturated carbocycles. The van der Waals surface area contributed by atoms with Crippen LogP contribution in [0.1, 0.15) is 0 Å². The van der Waals surface area contributed by atoms with Crippen molar-refractivity contribution in [1.29, 1.82) is 0 Å². The normalized spacial score (nSPS) is 13.4. The van der Waals surface area contributed by atoms with Crippen LogP contribution >= 0.6 is 0 Å². The molecule has 0 unspecified atom stereocenters. The second kappa shape index (κ2) is 4.16. The fourth-order valence-electron chi connectivity index (χ4n) is 1.95. The topological polar surface area (TPSA) is 80.6 Å². The number of carbonyl (C=O) groups is 2. The van der Waals surface area contributed by atoms with Crippen molar-refractivity contribution in [3.8, 4) is 16.9 Å². The molecule has 1 aliphatic rings. The Kier molecular flexibility index (Phi) is 2.49. The fourth-order valence-corrected chi connectivity index (χ4v) is 1.95. The van der Waals surface area contributed by atoms with Crippen LogP contribution in [0.25, 0.3) is 11.1 Å². The number of carbonyl (C=O) groups excluding carboxylic acids is 1. The summed E-state index contributed by atoms with van der Waals surface area (Å²) in [6.45, 7) is 0.0156. The molecule has 1 aromatic carbocycles. The molecule has 0 fully saturated rings. The molecule has 0 spiro atoms. The molecule has 96 valence electrons. The van der Waals surface area contributed by atoms with Crippen molar-refractivity contribution in [2.75, 3.05) is 11.9 Å². The lowest BCUT2D eigenvalue weighted by Gasteiger charge is -2.18. The standard InChI is InChI=1S/C13H10N2O4/c16-12-7-19-11-2-1-8(5-10(11)14-12)9-3-4-15(6-9)13(17)18/h1-6H,7H2,(H,14,16)(H,17,18). The van der Waals surface area contributed by atoms with Gasteiger partial charge in [0.25, 0.3) is 5.91 Å². The summed E-state index contributed by atoms with van der Waals surface area (Å²) < 4.78 is 6.33. The first-order valence-corrected chi connectivity index (χ1v) is 5.62. The summed E-state index contributed by atoms with van der Waals surface area (Å²) in [6.07, 6.45) is 1.93. The monoisotopic (exact) mass is 258 g/mol. The number of hydrogen-bond donors (Lipinski definition) is 2. The SMILES string of the molecule is O=C1COc2ccc(-c3ccn(C(=O)O)c3)cc2N1. The first kappa shape index (κ1) is 11.3. The van der Waals surface area contributed by atoms with Crippen LogP contribution in [0.15, 0.2) is 36.7 Å². The summed E-state index contributed by atoms with van der Waals surface area (Å²) in [5.41, 5.74) is 2.16. The maximum absolute atomic E-state index is 11.2. The van der Waals surface area contributed by atoms with Crippen molar-refractivity contribution < 1.29 is 19.4 Å². The smallest absolute Gasteiger partial charge is 0.415 e. The van der Waals surface area contributed by atoms with E-state index in [1.54, 1.807) is 18.2 Å². The second-order valence-corrected chi connectivity index (χ2v) is 4.14. The summed E-state index contributed by atoms with van der Waals surface area (Å²) in [4.78, 5) is 22.1. The molecule has 0 radical (unpaired) electrons. The zero-order chi connectivity index (χ0) is 13.4. The molecule has 1 amide bonds. The first-order chi connectivity index (χ1) is 9.13. The molecule has 0 atom stereocenters. The zero-order valence-electron chi connectivity index (χ0n) is 9.79. The van der Waals surface area contributed by atoms with E-state index in [1.807, 2.05) is 6.07 Å². The summed E-state index contributed by atoms with van der Waals surface area (Å²) in [5, 5.41) is 11.6. The van der Waals surface area contributed by atoms with Crippen LogP contribution in [0.5, 0.6) is 5.75 Å². The van der Waals surface area contributed by atoms with E-state index in [0.29, 0.717) is 11.4 Å². The van der Waals surface area contributed by atoms with Crippen LogP contribution in [0.4, 0.5) is 10.5 Å². The van der Waals surface area contributed by atoms with E-state index in [0.717, 1.165) is 15.7 Å². The Labute approximate surface area is 108 Å². The maximum atomic E-state index is 11.2. The highest BCUT2D eigenvalue weighted by molar-refractivity contribution is 5.96. The van der Waals surface area contributed by atoms with Crippen LogP contribution in [0.2, 0.25) is 0 Å². The Bertz CT molecular complexity index is 675. The number of amides is 1. The Hall–Kier alpha value is -2.76. The summed E-state index contributed by atoms with van der Waals surface area (Å²) in [7, 11) is 0. The molecule has 1 aliphatic heterocycles. The third kappa shape index (κ3) is 2.03. The Morgan fingerprint density at radius 2 is 2.16 bits per heavy atom. The van der Waals surface area contributed by atoms with Gasteiger partial charge in [-0.25, -0.2) is 4.79 Å². The van der Waals surface area contributed by atoms with Gasteiger partial charge in [-0.1, -0.05) is 6.07 Å². The molecule has 1 aromatic heterocycles. The van der Waals surface area contributed by atoms with E-state index >= 15 is 0 Å². The van der Waals surface area contributed by atoms with Crippen molar-refractivity contribution >= 4 is 17.7 Å². The molecule has 3 rings (SSSR count). The van der Waals surface area contributed by atoms with Gasteiger partial charge in [0.1, 0.15) is 5.75 Å². The predicted molar refractivity (Wildman–Crippen MR) is 67.4 cm³/mol. The average molecular weight is 258 g/mol. The van der Waals surface area contributed by atoms with Gasteiger partial charge < -0.3 is 15.2 Å². The highest BCUT2D eigenvalue weighted by Crippen LogP contribution is 2.32. The first-order valence-electron chi connectivity index (χ1n) is 5.62. The molecule has 6 heteroatoms. The highest BCUT2D eigenvalue weighted by Gasteiger charge is 2.16.